The Morgan fingerprint density at radius 2 is 2.07 bits per heavy atom. The van der Waals surface area contributed by atoms with E-state index in [0.29, 0.717) is 11.8 Å². The van der Waals surface area contributed by atoms with E-state index >= 15 is 0 Å². The Bertz CT molecular complexity index is 909. The molecule has 1 fully saturated rings. The molecule has 1 aliphatic heterocycles. The van der Waals surface area contributed by atoms with Crippen molar-refractivity contribution in [3.8, 4) is 0 Å². The van der Waals surface area contributed by atoms with E-state index in [9.17, 15) is 0 Å². The second-order valence-electron chi connectivity index (χ2n) is 8.53. The number of nitrogens with one attached hydrogen (secondary N) is 3. The first-order valence-corrected chi connectivity index (χ1v) is 11.2. The van der Waals surface area contributed by atoms with Crippen molar-refractivity contribution < 1.29 is 0 Å². The maximum atomic E-state index is 6.64. The minimum absolute atomic E-state index is 0.365. The van der Waals surface area contributed by atoms with Crippen molar-refractivity contribution >= 4 is 33.0 Å². The number of aromatic amines is 1. The van der Waals surface area contributed by atoms with Crippen molar-refractivity contribution in [3.05, 3.63) is 46.3 Å². The van der Waals surface area contributed by atoms with Gasteiger partial charge in [-0.3, -0.25) is 10.7 Å². The lowest BCUT2D eigenvalue weighted by Gasteiger charge is -2.42. The zero-order valence-electron chi connectivity index (χ0n) is 17.2. The molecule has 156 valence electrons. The molecule has 5 N–H and O–H groups in total. The molecule has 0 saturated heterocycles. The minimum Gasteiger partial charge on any atom is -0.364 e. The average molecular weight is 459 g/mol. The Kier molecular flexibility index (Phi) is 5.99. The summed E-state index contributed by atoms with van der Waals surface area (Å²) in [6.07, 6.45) is 10.5. The smallest absolute Gasteiger partial charge is 0.186 e. The highest BCUT2D eigenvalue weighted by Crippen LogP contribution is 2.35. The summed E-state index contributed by atoms with van der Waals surface area (Å²) in [7, 11) is 4.04. The summed E-state index contributed by atoms with van der Waals surface area (Å²) >= 11 is 3.57. The molecule has 1 saturated carbocycles. The number of nitrogens with zero attached hydrogens (tertiary/aromatic N) is 2. The zero-order valence-corrected chi connectivity index (χ0v) is 18.8. The summed E-state index contributed by atoms with van der Waals surface area (Å²) in [5.74, 6) is 1.41. The quantitative estimate of drug-likeness (QED) is 0.533. The molecule has 1 unspecified atom stereocenters. The Balaban J connectivity index is 1.27. The van der Waals surface area contributed by atoms with Gasteiger partial charge in [0.25, 0.3) is 0 Å². The molecule has 2 aliphatic rings. The molecule has 6 nitrogen and oxygen atoms in total. The molecule has 1 atom stereocenters. The van der Waals surface area contributed by atoms with Gasteiger partial charge in [0.15, 0.2) is 5.79 Å². The summed E-state index contributed by atoms with van der Waals surface area (Å²) in [5, 5.41) is 8.39. The van der Waals surface area contributed by atoms with Crippen molar-refractivity contribution in [2.45, 2.75) is 38.0 Å². The van der Waals surface area contributed by atoms with Crippen LogP contribution in [0, 0.1) is 11.8 Å². The Hall–Kier alpha value is -1.83. The van der Waals surface area contributed by atoms with Gasteiger partial charge < -0.3 is 20.5 Å². The fourth-order valence-electron chi connectivity index (χ4n) is 4.49. The first-order valence-electron chi connectivity index (χ1n) is 10.4. The van der Waals surface area contributed by atoms with Gasteiger partial charge in [0, 0.05) is 54.3 Å². The van der Waals surface area contributed by atoms with E-state index in [4.69, 9.17) is 5.73 Å². The highest BCUT2D eigenvalue weighted by atomic mass is 79.9. The average Bonchev–Trinajstić information content (AvgIpc) is 3.10. The van der Waals surface area contributed by atoms with Crippen molar-refractivity contribution in [3.63, 3.8) is 0 Å². The monoisotopic (exact) mass is 458 g/mol. The molecule has 2 aromatic rings. The van der Waals surface area contributed by atoms with Gasteiger partial charge in [0.1, 0.15) is 5.82 Å². The molecule has 0 bridgehead atoms. The molecule has 2 heterocycles. The van der Waals surface area contributed by atoms with E-state index in [2.05, 4.69) is 60.9 Å². The van der Waals surface area contributed by atoms with E-state index in [-0.39, 0.29) is 0 Å². The Morgan fingerprint density at radius 1 is 1.28 bits per heavy atom. The topological polar surface area (TPSA) is 81.5 Å². The molecule has 7 heteroatoms. The lowest BCUT2D eigenvalue weighted by Crippen LogP contribution is -2.60. The van der Waals surface area contributed by atoms with E-state index in [1.807, 2.05) is 31.3 Å². The van der Waals surface area contributed by atoms with Crippen molar-refractivity contribution in [1.29, 1.82) is 0 Å². The molecule has 1 aliphatic carbocycles. The number of allylic oxidation sites excluding steroid dienone is 1. The third kappa shape index (κ3) is 4.52. The number of fused-ring (bicyclic) bond motifs is 1. The van der Waals surface area contributed by atoms with Gasteiger partial charge in [-0.1, -0.05) is 15.9 Å². The molecular formula is C22H31BrN6. The third-order valence-corrected chi connectivity index (χ3v) is 6.77. The third-order valence-electron chi connectivity index (χ3n) is 6.28. The largest absolute Gasteiger partial charge is 0.364 e. The van der Waals surface area contributed by atoms with Crippen LogP contribution in [0.1, 0.15) is 31.2 Å². The van der Waals surface area contributed by atoms with Crippen LogP contribution in [-0.4, -0.2) is 42.5 Å². The van der Waals surface area contributed by atoms with Crippen LogP contribution in [0.3, 0.4) is 0 Å². The van der Waals surface area contributed by atoms with Crippen LogP contribution >= 0.6 is 15.9 Å². The van der Waals surface area contributed by atoms with Crippen molar-refractivity contribution in [2.24, 2.45) is 22.6 Å². The standard InChI is InChI=1S/C22H31BrN6/c1-29(2)21-9-10-27-22(24,28-21)17-5-3-15(4-6-17)12-25-13-16-14-26-20-8-7-18(23)11-19(16)20/h7-11,14-15,17,25-26,28H,3-6,12-13,24H2,1-2H3. The number of halogens is 1. The lowest BCUT2D eigenvalue weighted by atomic mass is 9.78. The number of aromatic nitrogens is 1. The number of hydrogen-bond acceptors (Lipinski definition) is 5. The number of benzene rings is 1. The zero-order chi connectivity index (χ0) is 20.4. The van der Waals surface area contributed by atoms with Crippen molar-refractivity contribution in [1.82, 2.24) is 20.5 Å². The fraction of sp³-hybridized carbons (Fsp3) is 0.500. The Labute approximate surface area is 181 Å². The predicted octanol–water partition coefficient (Wildman–Crippen LogP) is 3.52. The van der Waals surface area contributed by atoms with E-state index in [0.717, 1.165) is 36.2 Å². The fourth-order valence-corrected chi connectivity index (χ4v) is 4.85. The van der Waals surface area contributed by atoms with Crippen LogP contribution in [0.5, 0.6) is 0 Å². The second kappa shape index (κ2) is 8.50. The number of aliphatic imine (C=N–C) groups is 1. The summed E-state index contributed by atoms with van der Waals surface area (Å²) in [6, 6.07) is 6.37. The molecular weight excluding hydrogens is 428 g/mol. The second-order valence-corrected chi connectivity index (χ2v) is 9.44. The van der Waals surface area contributed by atoms with Gasteiger partial charge in [-0.25, -0.2) is 0 Å². The predicted molar refractivity (Wildman–Crippen MR) is 123 cm³/mol. The Morgan fingerprint density at radius 3 is 2.83 bits per heavy atom. The van der Waals surface area contributed by atoms with Crippen LogP contribution in [0.25, 0.3) is 10.9 Å². The van der Waals surface area contributed by atoms with Gasteiger partial charge >= 0.3 is 0 Å². The normalized spacial score (nSPS) is 27.0. The molecule has 1 aromatic heterocycles. The molecule has 0 amide bonds. The first kappa shape index (κ1) is 20.4. The van der Waals surface area contributed by atoms with E-state index in [1.54, 1.807) is 0 Å². The van der Waals surface area contributed by atoms with Crippen LogP contribution in [-0.2, 0) is 6.54 Å². The summed E-state index contributed by atoms with van der Waals surface area (Å²) < 4.78 is 1.12. The molecule has 0 radical (unpaired) electrons. The number of nitrogens with two attached hydrogens (primary N) is 1. The highest BCUT2D eigenvalue weighted by molar-refractivity contribution is 9.10. The van der Waals surface area contributed by atoms with Crippen LogP contribution in [0.15, 0.2) is 45.8 Å². The first-order chi connectivity index (χ1) is 13.9. The summed E-state index contributed by atoms with van der Waals surface area (Å²) in [5.41, 5.74) is 9.14. The van der Waals surface area contributed by atoms with Crippen LogP contribution < -0.4 is 16.4 Å². The van der Waals surface area contributed by atoms with E-state index in [1.165, 1.54) is 29.3 Å². The van der Waals surface area contributed by atoms with Crippen LogP contribution in [0.2, 0.25) is 0 Å². The van der Waals surface area contributed by atoms with Gasteiger partial charge in [-0.05, 0) is 68.0 Å². The maximum Gasteiger partial charge on any atom is 0.186 e. The van der Waals surface area contributed by atoms with Gasteiger partial charge in [-0.15, -0.1) is 0 Å². The van der Waals surface area contributed by atoms with Crippen LogP contribution in [0.4, 0.5) is 0 Å². The lowest BCUT2D eigenvalue weighted by molar-refractivity contribution is 0.146. The highest BCUT2D eigenvalue weighted by Gasteiger charge is 2.38. The molecule has 29 heavy (non-hydrogen) atoms. The minimum atomic E-state index is -0.676. The van der Waals surface area contributed by atoms with Crippen molar-refractivity contribution in [2.75, 3.05) is 20.6 Å². The SMILES string of the molecule is CN(C)C1=CC=NC(N)(C2CCC(CNCc3c[nH]c4ccc(Br)cc34)CC2)N1. The summed E-state index contributed by atoms with van der Waals surface area (Å²) in [4.78, 5) is 10.00. The number of rotatable bonds is 6. The van der Waals surface area contributed by atoms with Gasteiger partial charge in [0.2, 0.25) is 0 Å². The van der Waals surface area contributed by atoms with Gasteiger partial charge in [-0.2, -0.15) is 0 Å². The summed E-state index contributed by atoms with van der Waals surface area (Å²) in [6.45, 7) is 1.94. The molecule has 0 spiro atoms. The molecule has 4 rings (SSSR count). The number of H-pyrrole nitrogens is 1. The van der Waals surface area contributed by atoms with E-state index < -0.39 is 5.79 Å². The maximum absolute atomic E-state index is 6.64. The molecule has 1 aromatic carbocycles. The van der Waals surface area contributed by atoms with Gasteiger partial charge in [0.05, 0.1) is 0 Å². The number of hydrogen-bond donors (Lipinski definition) is 4.